The van der Waals surface area contributed by atoms with Gasteiger partial charge in [0, 0.05) is 21.2 Å². The lowest BCUT2D eigenvalue weighted by Gasteiger charge is -2.11. The third-order valence-corrected chi connectivity index (χ3v) is 6.21. The number of anilines is 1. The first-order valence-electron chi connectivity index (χ1n) is 10.4. The number of nitrogens with two attached hydrogens (primary N) is 1. The quantitative estimate of drug-likeness (QED) is 0.269. The largest absolute Gasteiger partial charge is 0.385 e. The zero-order valence-electron chi connectivity index (χ0n) is 17.5. The Labute approximate surface area is 199 Å². The van der Waals surface area contributed by atoms with Crippen molar-refractivity contribution in [2.45, 2.75) is 0 Å². The Bertz CT molecular complexity index is 1500. The van der Waals surface area contributed by atoms with Gasteiger partial charge in [0.05, 0.1) is 11.3 Å². The standard InChI is InChI=1S/C28H19BrN2O2/c29-20-15-13-19(14-16-20)27(33)25-23(22-12-6-10-17-7-4-5-11-21(17)22)24(28(30)31-25)26(32)18-8-2-1-3-9-18/h1-16,31H,30H2. The molecule has 4 nitrogen and oxygen atoms in total. The number of aromatic amines is 1. The number of halogens is 1. The Morgan fingerprint density at radius 1 is 0.697 bits per heavy atom. The maximum Gasteiger partial charge on any atom is 0.209 e. The summed E-state index contributed by atoms with van der Waals surface area (Å²) in [6, 6.07) is 29.8. The van der Waals surface area contributed by atoms with E-state index in [1.165, 1.54) is 0 Å². The third kappa shape index (κ3) is 3.77. The summed E-state index contributed by atoms with van der Waals surface area (Å²) >= 11 is 3.41. The smallest absolute Gasteiger partial charge is 0.209 e. The van der Waals surface area contributed by atoms with E-state index in [1.807, 2.05) is 72.8 Å². The van der Waals surface area contributed by atoms with Gasteiger partial charge in [-0.1, -0.05) is 88.7 Å². The minimum Gasteiger partial charge on any atom is -0.385 e. The van der Waals surface area contributed by atoms with Gasteiger partial charge in [-0.15, -0.1) is 0 Å². The lowest BCUT2D eigenvalue weighted by Crippen LogP contribution is -2.07. The number of benzene rings is 4. The summed E-state index contributed by atoms with van der Waals surface area (Å²) < 4.78 is 0.874. The molecule has 5 rings (SSSR count). The third-order valence-electron chi connectivity index (χ3n) is 5.68. The van der Waals surface area contributed by atoms with Crippen LogP contribution in [0.1, 0.15) is 32.0 Å². The molecule has 5 aromatic rings. The van der Waals surface area contributed by atoms with Gasteiger partial charge in [0.2, 0.25) is 5.78 Å². The highest BCUT2D eigenvalue weighted by molar-refractivity contribution is 9.10. The van der Waals surface area contributed by atoms with Crippen molar-refractivity contribution in [1.29, 1.82) is 0 Å². The highest BCUT2D eigenvalue weighted by Gasteiger charge is 2.28. The van der Waals surface area contributed by atoms with Crippen molar-refractivity contribution < 1.29 is 9.59 Å². The number of aromatic nitrogens is 1. The molecule has 0 fully saturated rings. The van der Waals surface area contributed by atoms with E-state index in [0.717, 1.165) is 20.8 Å². The number of nitrogens with one attached hydrogen (secondary N) is 1. The van der Waals surface area contributed by atoms with Crippen molar-refractivity contribution in [3.05, 3.63) is 124 Å². The van der Waals surface area contributed by atoms with E-state index < -0.39 is 0 Å². The average Bonchev–Trinajstić information content (AvgIpc) is 3.20. The molecule has 0 aliphatic heterocycles. The molecule has 0 atom stereocenters. The van der Waals surface area contributed by atoms with Crippen LogP contribution in [-0.2, 0) is 0 Å². The number of hydrogen-bond acceptors (Lipinski definition) is 3. The zero-order valence-corrected chi connectivity index (χ0v) is 19.1. The molecule has 33 heavy (non-hydrogen) atoms. The number of hydrogen-bond donors (Lipinski definition) is 2. The topological polar surface area (TPSA) is 76.0 Å². The van der Waals surface area contributed by atoms with Crippen LogP contribution in [0.3, 0.4) is 0 Å². The zero-order chi connectivity index (χ0) is 22.9. The van der Waals surface area contributed by atoms with Crippen molar-refractivity contribution in [3.63, 3.8) is 0 Å². The first-order valence-corrected chi connectivity index (χ1v) is 11.2. The maximum atomic E-state index is 13.6. The van der Waals surface area contributed by atoms with Gasteiger partial charge in [-0.3, -0.25) is 9.59 Å². The number of ketones is 2. The average molecular weight is 495 g/mol. The number of nitrogen functional groups attached to an aromatic ring is 1. The second-order valence-corrected chi connectivity index (χ2v) is 8.64. The maximum absolute atomic E-state index is 13.6. The molecule has 0 radical (unpaired) electrons. The molecule has 4 aromatic carbocycles. The number of H-pyrrole nitrogens is 1. The monoisotopic (exact) mass is 494 g/mol. The van der Waals surface area contributed by atoms with Gasteiger partial charge in [-0.2, -0.15) is 0 Å². The Hall–Kier alpha value is -3.96. The summed E-state index contributed by atoms with van der Waals surface area (Å²) in [5.74, 6) is -0.293. The van der Waals surface area contributed by atoms with Gasteiger partial charge in [-0.25, -0.2) is 0 Å². The van der Waals surface area contributed by atoms with E-state index in [0.29, 0.717) is 27.9 Å². The molecule has 0 spiro atoms. The summed E-state index contributed by atoms with van der Waals surface area (Å²) in [4.78, 5) is 30.2. The summed E-state index contributed by atoms with van der Waals surface area (Å²) in [5, 5.41) is 1.95. The van der Waals surface area contributed by atoms with Crippen molar-refractivity contribution in [3.8, 4) is 11.1 Å². The SMILES string of the molecule is Nc1[nH]c(C(=O)c2ccc(Br)cc2)c(-c2cccc3ccccc23)c1C(=O)c1ccccc1. The van der Waals surface area contributed by atoms with Crippen LogP contribution in [0.25, 0.3) is 21.9 Å². The molecule has 0 saturated heterocycles. The molecule has 160 valence electrons. The summed E-state index contributed by atoms with van der Waals surface area (Å²) in [6.45, 7) is 0. The van der Waals surface area contributed by atoms with Crippen molar-refractivity contribution in [1.82, 2.24) is 4.98 Å². The molecule has 0 aliphatic rings. The molecule has 0 saturated carbocycles. The van der Waals surface area contributed by atoms with E-state index in [2.05, 4.69) is 20.9 Å². The van der Waals surface area contributed by atoms with Gasteiger partial charge in [0.1, 0.15) is 5.82 Å². The first-order chi connectivity index (χ1) is 16.0. The first kappa shape index (κ1) is 20.9. The molecule has 0 unspecified atom stereocenters. The molecule has 3 N–H and O–H groups in total. The van der Waals surface area contributed by atoms with E-state index in [-0.39, 0.29) is 17.4 Å². The predicted molar refractivity (Wildman–Crippen MR) is 136 cm³/mol. The Morgan fingerprint density at radius 3 is 2.09 bits per heavy atom. The van der Waals surface area contributed by atoms with Crippen LogP contribution in [0.15, 0.2) is 102 Å². The fourth-order valence-electron chi connectivity index (χ4n) is 4.12. The Kier molecular flexibility index (Phi) is 5.40. The molecule has 0 aliphatic carbocycles. The molecule has 1 aromatic heterocycles. The van der Waals surface area contributed by atoms with Crippen molar-refractivity contribution in [2.24, 2.45) is 0 Å². The number of rotatable bonds is 5. The van der Waals surface area contributed by atoms with Crippen LogP contribution in [0.4, 0.5) is 5.82 Å². The van der Waals surface area contributed by atoms with Gasteiger partial charge < -0.3 is 10.7 Å². The Balaban J connectivity index is 1.80. The molecule has 0 amide bonds. The van der Waals surface area contributed by atoms with E-state index >= 15 is 0 Å². The molecule has 1 heterocycles. The lowest BCUT2D eigenvalue weighted by molar-refractivity contribution is 0.103. The van der Waals surface area contributed by atoms with E-state index in [4.69, 9.17) is 5.73 Å². The van der Waals surface area contributed by atoms with Crippen LogP contribution in [0.5, 0.6) is 0 Å². The lowest BCUT2D eigenvalue weighted by atomic mass is 9.90. The predicted octanol–water partition coefficient (Wildman–Crippen LogP) is 6.64. The van der Waals surface area contributed by atoms with E-state index in [1.54, 1.807) is 24.3 Å². The van der Waals surface area contributed by atoms with Gasteiger partial charge in [0.25, 0.3) is 0 Å². The van der Waals surface area contributed by atoms with Crippen LogP contribution < -0.4 is 5.73 Å². The second-order valence-electron chi connectivity index (χ2n) is 7.72. The normalized spacial score (nSPS) is 10.9. The van der Waals surface area contributed by atoms with Crippen LogP contribution in [-0.4, -0.2) is 16.6 Å². The summed E-state index contributed by atoms with van der Waals surface area (Å²) in [5.41, 5.74) is 9.27. The highest BCUT2D eigenvalue weighted by atomic mass is 79.9. The molecular formula is C28H19BrN2O2. The van der Waals surface area contributed by atoms with Crippen LogP contribution in [0.2, 0.25) is 0 Å². The number of carbonyl (C=O) groups excluding carboxylic acids is 2. The number of carbonyl (C=O) groups is 2. The van der Waals surface area contributed by atoms with Crippen LogP contribution >= 0.6 is 15.9 Å². The minimum atomic E-state index is -0.234. The minimum absolute atomic E-state index is 0.173. The molecule has 5 heteroatoms. The summed E-state index contributed by atoms with van der Waals surface area (Å²) in [7, 11) is 0. The fourth-order valence-corrected chi connectivity index (χ4v) is 4.38. The van der Waals surface area contributed by atoms with Crippen molar-refractivity contribution in [2.75, 3.05) is 5.73 Å². The van der Waals surface area contributed by atoms with Gasteiger partial charge >= 0.3 is 0 Å². The van der Waals surface area contributed by atoms with Crippen molar-refractivity contribution >= 4 is 44.1 Å². The molecular weight excluding hydrogens is 476 g/mol. The van der Waals surface area contributed by atoms with Gasteiger partial charge in [0.15, 0.2) is 5.78 Å². The summed E-state index contributed by atoms with van der Waals surface area (Å²) in [6.07, 6.45) is 0. The number of fused-ring (bicyclic) bond motifs is 1. The van der Waals surface area contributed by atoms with Crippen LogP contribution in [0, 0.1) is 0 Å². The highest BCUT2D eigenvalue weighted by Crippen LogP contribution is 2.38. The van der Waals surface area contributed by atoms with Gasteiger partial charge in [-0.05, 0) is 40.6 Å². The second kappa shape index (κ2) is 8.52. The fraction of sp³-hybridized carbons (Fsp3) is 0. The van der Waals surface area contributed by atoms with E-state index in [9.17, 15) is 9.59 Å². The molecule has 0 bridgehead atoms. The Morgan fingerprint density at radius 2 is 1.33 bits per heavy atom.